The average molecular weight is 619 g/mol. The fraction of sp³-hybridized carbons (Fsp3) is 0.270. The van der Waals surface area contributed by atoms with Gasteiger partial charge in [-0.15, -0.1) is 0 Å². The molecule has 2 amide bonds. The van der Waals surface area contributed by atoms with Gasteiger partial charge in [0, 0.05) is 43.7 Å². The predicted octanol–water partition coefficient (Wildman–Crippen LogP) is 4.65. The van der Waals surface area contributed by atoms with Crippen molar-refractivity contribution in [3.63, 3.8) is 0 Å². The summed E-state index contributed by atoms with van der Waals surface area (Å²) < 4.78 is 5.85. The monoisotopic (exact) mass is 618 g/mol. The third-order valence-corrected chi connectivity index (χ3v) is 8.15. The molecular formula is C37H42N6O3. The third kappa shape index (κ3) is 9.18. The van der Waals surface area contributed by atoms with Crippen LogP contribution in [0.4, 0.5) is 0 Å². The smallest absolute Gasteiger partial charge is 0.251 e. The van der Waals surface area contributed by atoms with E-state index in [2.05, 4.69) is 39.9 Å². The van der Waals surface area contributed by atoms with E-state index < -0.39 is 6.04 Å². The molecule has 0 aliphatic carbocycles. The van der Waals surface area contributed by atoms with Crippen molar-refractivity contribution >= 4 is 17.8 Å². The van der Waals surface area contributed by atoms with Gasteiger partial charge in [0.05, 0.1) is 6.04 Å². The Hall–Kier alpha value is -5.15. The van der Waals surface area contributed by atoms with Crippen LogP contribution in [-0.2, 0) is 4.79 Å². The van der Waals surface area contributed by atoms with E-state index >= 15 is 0 Å². The number of para-hydroxylation sites is 1. The first-order valence-corrected chi connectivity index (χ1v) is 15.8. The second-order valence-electron chi connectivity index (χ2n) is 11.5. The Bertz CT molecular complexity index is 1520. The van der Waals surface area contributed by atoms with Gasteiger partial charge in [-0.2, -0.15) is 0 Å². The summed E-state index contributed by atoms with van der Waals surface area (Å²) in [6.45, 7) is 1.94. The number of hydrogen-bond donors (Lipinski definition) is 4. The molecule has 0 aromatic heterocycles. The van der Waals surface area contributed by atoms with Gasteiger partial charge in [-0.05, 0) is 66.8 Å². The molecule has 2 atom stereocenters. The van der Waals surface area contributed by atoms with Gasteiger partial charge in [0.1, 0.15) is 11.5 Å². The molecule has 238 valence electrons. The van der Waals surface area contributed by atoms with Crippen molar-refractivity contribution in [3.05, 3.63) is 132 Å². The average Bonchev–Trinajstić information content (AvgIpc) is 3.23. The lowest BCUT2D eigenvalue weighted by Gasteiger charge is -2.29. The number of carbonyl (C=O) groups excluding carboxylic acids is 2. The maximum absolute atomic E-state index is 14.0. The normalized spacial score (nSPS) is 16.5. The van der Waals surface area contributed by atoms with Gasteiger partial charge < -0.3 is 31.7 Å². The van der Waals surface area contributed by atoms with Crippen LogP contribution in [0.25, 0.3) is 0 Å². The molecule has 46 heavy (non-hydrogen) atoms. The molecule has 0 spiro atoms. The van der Waals surface area contributed by atoms with Crippen LogP contribution in [0.3, 0.4) is 0 Å². The zero-order valence-corrected chi connectivity index (χ0v) is 25.9. The maximum Gasteiger partial charge on any atom is 0.251 e. The second-order valence-corrected chi connectivity index (χ2v) is 11.5. The van der Waals surface area contributed by atoms with Crippen LogP contribution in [0, 0.1) is 0 Å². The lowest BCUT2D eigenvalue weighted by atomic mass is 9.90. The summed E-state index contributed by atoms with van der Waals surface area (Å²) in [7, 11) is 0. The van der Waals surface area contributed by atoms with Crippen molar-refractivity contribution < 1.29 is 14.3 Å². The van der Waals surface area contributed by atoms with Crippen LogP contribution in [0.15, 0.2) is 120 Å². The molecule has 9 nitrogen and oxygen atoms in total. The molecule has 0 unspecified atom stereocenters. The lowest BCUT2D eigenvalue weighted by Crippen LogP contribution is -2.49. The summed E-state index contributed by atoms with van der Waals surface area (Å²) in [6, 6.07) is 36.6. The summed E-state index contributed by atoms with van der Waals surface area (Å²) in [5.41, 5.74) is 13.9. The second kappa shape index (κ2) is 16.2. The number of rotatable bonds is 13. The van der Waals surface area contributed by atoms with Gasteiger partial charge in [0.15, 0.2) is 5.96 Å². The highest BCUT2D eigenvalue weighted by Gasteiger charge is 2.32. The molecule has 0 bridgehead atoms. The molecule has 4 aromatic carbocycles. The van der Waals surface area contributed by atoms with E-state index in [1.54, 1.807) is 24.3 Å². The Balaban J connectivity index is 1.26. The van der Waals surface area contributed by atoms with E-state index in [0.717, 1.165) is 16.9 Å². The SMILES string of the molecule is NC(N)=NCCC[C@@H]1N[C@H](CNC(=O)c2ccc(Oc3ccccc3)cc2)CCN(CC(c2ccccc2)c2ccccc2)C1=O. The Morgan fingerprint density at radius 2 is 1.46 bits per heavy atom. The molecule has 0 saturated carbocycles. The van der Waals surface area contributed by atoms with Gasteiger partial charge in [-0.25, -0.2) is 0 Å². The number of carbonyl (C=O) groups is 2. The number of benzene rings is 4. The number of aliphatic imine (C=N–C) groups is 1. The number of nitrogens with two attached hydrogens (primary N) is 2. The molecule has 1 saturated heterocycles. The molecule has 1 aliphatic heterocycles. The van der Waals surface area contributed by atoms with Crippen LogP contribution in [0.2, 0.25) is 0 Å². The Morgan fingerprint density at radius 1 is 0.870 bits per heavy atom. The molecular weight excluding hydrogens is 576 g/mol. The predicted molar refractivity (Wildman–Crippen MR) is 182 cm³/mol. The third-order valence-electron chi connectivity index (χ3n) is 8.15. The maximum atomic E-state index is 14.0. The van der Waals surface area contributed by atoms with Crippen molar-refractivity contribution in [1.82, 2.24) is 15.5 Å². The summed E-state index contributed by atoms with van der Waals surface area (Å²) in [5.74, 6) is 1.31. The van der Waals surface area contributed by atoms with Crippen molar-refractivity contribution in [2.75, 3.05) is 26.2 Å². The fourth-order valence-electron chi connectivity index (χ4n) is 5.75. The van der Waals surface area contributed by atoms with Gasteiger partial charge in [0.25, 0.3) is 5.91 Å². The van der Waals surface area contributed by atoms with Gasteiger partial charge >= 0.3 is 0 Å². The number of guanidine groups is 1. The molecule has 6 N–H and O–H groups in total. The van der Waals surface area contributed by atoms with Crippen molar-refractivity contribution in [2.45, 2.75) is 37.3 Å². The van der Waals surface area contributed by atoms with E-state index in [9.17, 15) is 9.59 Å². The lowest BCUT2D eigenvalue weighted by molar-refractivity contribution is -0.133. The Morgan fingerprint density at radius 3 is 2.07 bits per heavy atom. The summed E-state index contributed by atoms with van der Waals surface area (Å²) in [4.78, 5) is 33.2. The zero-order valence-electron chi connectivity index (χ0n) is 25.9. The summed E-state index contributed by atoms with van der Waals surface area (Å²) in [6.07, 6.45) is 1.91. The first-order valence-electron chi connectivity index (χ1n) is 15.8. The Kier molecular flexibility index (Phi) is 11.4. The minimum Gasteiger partial charge on any atom is -0.457 e. The largest absolute Gasteiger partial charge is 0.457 e. The number of hydrogen-bond acceptors (Lipinski definition) is 5. The molecule has 5 rings (SSSR count). The number of amides is 2. The minimum atomic E-state index is -0.430. The molecule has 1 heterocycles. The highest BCUT2D eigenvalue weighted by atomic mass is 16.5. The summed E-state index contributed by atoms with van der Waals surface area (Å²) in [5, 5.41) is 6.61. The molecule has 1 fully saturated rings. The molecule has 0 radical (unpaired) electrons. The van der Waals surface area contributed by atoms with Crippen molar-refractivity contribution in [3.8, 4) is 11.5 Å². The van der Waals surface area contributed by atoms with E-state index in [1.807, 2.05) is 71.6 Å². The highest BCUT2D eigenvalue weighted by molar-refractivity contribution is 5.94. The van der Waals surface area contributed by atoms with Crippen LogP contribution in [0.5, 0.6) is 11.5 Å². The standard InChI is InChI=1S/C37H42N6O3/c38-37(39)40-23-10-17-34-36(45)43(26-33(27-11-4-1-5-12-27)28-13-6-2-7-14-28)24-22-30(42-34)25-41-35(44)29-18-20-32(21-19-29)46-31-15-8-3-9-16-31/h1-9,11-16,18-21,30,33-34,42H,10,17,22-26H2,(H,41,44)(H4,38,39,40)/t30-,34-/m0/s1. The number of nitrogens with one attached hydrogen (secondary N) is 2. The summed E-state index contributed by atoms with van der Waals surface area (Å²) >= 11 is 0. The van der Waals surface area contributed by atoms with Crippen LogP contribution >= 0.6 is 0 Å². The topological polar surface area (TPSA) is 135 Å². The van der Waals surface area contributed by atoms with E-state index in [-0.39, 0.29) is 29.7 Å². The fourth-order valence-corrected chi connectivity index (χ4v) is 5.75. The van der Waals surface area contributed by atoms with Gasteiger partial charge in [0.2, 0.25) is 5.91 Å². The molecule has 9 heteroatoms. The van der Waals surface area contributed by atoms with E-state index in [4.69, 9.17) is 16.2 Å². The van der Waals surface area contributed by atoms with E-state index in [1.165, 1.54) is 0 Å². The van der Waals surface area contributed by atoms with Crippen LogP contribution in [0.1, 0.15) is 46.7 Å². The van der Waals surface area contributed by atoms with Crippen LogP contribution < -0.4 is 26.8 Å². The number of ether oxygens (including phenoxy) is 1. The Labute approximate surface area is 270 Å². The molecule has 1 aliphatic rings. The van der Waals surface area contributed by atoms with Crippen molar-refractivity contribution in [2.24, 2.45) is 16.5 Å². The van der Waals surface area contributed by atoms with Gasteiger partial charge in [-0.3, -0.25) is 14.6 Å². The van der Waals surface area contributed by atoms with Crippen molar-refractivity contribution in [1.29, 1.82) is 0 Å². The first kappa shape index (κ1) is 32.2. The van der Waals surface area contributed by atoms with Crippen LogP contribution in [-0.4, -0.2) is 60.9 Å². The quantitative estimate of drug-likeness (QED) is 0.0979. The zero-order chi connectivity index (χ0) is 32.1. The number of nitrogens with zero attached hydrogens (tertiary/aromatic N) is 2. The molecule has 4 aromatic rings. The van der Waals surface area contributed by atoms with E-state index in [0.29, 0.717) is 56.8 Å². The minimum absolute atomic E-state index is 0.0266. The van der Waals surface area contributed by atoms with Gasteiger partial charge in [-0.1, -0.05) is 78.9 Å². The highest BCUT2D eigenvalue weighted by Crippen LogP contribution is 2.27. The first-order chi connectivity index (χ1) is 22.5.